The quantitative estimate of drug-likeness (QED) is 0.786. The molecule has 0 fully saturated rings. The fourth-order valence-corrected chi connectivity index (χ4v) is 1.84. The molecule has 96 valence electrons. The van der Waals surface area contributed by atoms with Crippen LogP contribution in [0, 0.1) is 0 Å². The number of methoxy groups -OCH3 is 1. The molecule has 2 N–H and O–H groups in total. The molecule has 0 bridgehead atoms. The Hall–Kier alpha value is -1.13. The van der Waals surface area contributed by atoms with E-state index in [-0.39, 0.29) is 6.04 Å². The zero-order valence-electron chi connectivity index (χ0n) is 11.0. The number of pyridine rings is 1. The second-order valence-corrected chi connectivity index (χ2v) is 4.22. The molecule has 4 nitrogen and oxygen atoms in total. The highest BCUT2D eigenvalue weighted by Gasteiger charge is 2.15. The topological polar surface area (TPSA) is 51.4 Å². The van der Waals surface area contributed by atoms with E-state index in [4.69, 9.17) is 10.5 Å². The summed E-state index contributed by atoms with van der Waals surface area (Å²) in [4.78, 5) is 6.51. The van der Waals surface area contributed by atoms with Gasteiger partial charge in [-0.25, -0.2) is 4.98 Å². The number of aromatic nitrogens is 1. The molecular weight excluding hydrogens is 214 g/mol. The van der Waals surface area contributed by atoms with E-state index in [2.05, 4.69) is 23.9 Å². The van der Waals surface area contributed by atoms with Crippen LogP contribution in [0.4, 0.5) is 0 Å². The number of likely N-dealkylation sites (N-methyl/N-ethyl adjacent to an activating group) is 1. The standard InChI is InChI=1S/C13H23N3O/c1-4-5-8-16(2)12(9-14)11-6-7-13(17-3)15-10-11/h6-7,10,12H,4-5,8-9,14H2,1-3H3. The van der Waals surface area contributed by atoms with Crippen LogP contribution in [0.1, 0.15) is 31.4 Å². The van der Waals surface area contributed by atoms with Crippen molar-refractivity contribution in [3.8, 4) is 5.88 Å². The summed E-state index contributed by atoms with van der Waals surface area (Å²) in [6.07, 6.45) is 4.23. The van der Waals surface area contributed by atoms with Gasteiger partial charge in [-0.3, -0.25) is 4.90 Å². The van der Waals surface area contributed by atoms with Crippen LogP contribution < -0.4 is 10.5 Å². The predicted molar refractivity (Wildman–Crippen MR) is 70.1 cm³/mol. The van der Waals surface area contributed by atoms with Crippen LogP contribution in [0.2, 0.25) is 0 Å². The van der Waals surface area contributed by atoms with Crippen molar-refractivity contribution < 1.29 is 4.74 Å². The number of unbranched alkanes of at least 4 members (excludes halogenated alkanes) is 1. The Balaban J connectivity index is 2.70. The largest absolute Gasteiger partial charge is 0.481 e. The summed E-state index contributed by atoms with van der Waals surface area (Å²) in [5, 5.41) is 0. The van der Waals surface area contributed by atoms with Crippen molar-refractivity contribution >= 4 is 0 Å². The van der Waals surface area contributed by atoms with Crippen molar-refractivity contribution in [3.05, 3.63) is 23.9 Å². The number of ether oxygens (including phenoxy) is 1. The van der Waals surface area contributed by atoms with Crippen molar-refractivity contribution in [3.63, 3.8) is 0 Å². The number of nitrogens with two attached hydrogens (primary N) is 1. The first kappa shape index (κ1) is 13.9. The zero-order chi connectivity index (χ0) is 12.7. The fraction of sp³-hybridized carbons (Fsp3) is 0.615. The molecule has 0 amide bonds. The van der Waals surface area contributed by atoms with E-state index >= 15 is 0 Å². The highest BCUT2D eigenvalue weighted by atomic mass is 16.5. The van der Waals surface area contributed by atoms with Gasteiger partial charge in [-0.05, 0) is 25.6 Å². The lowest BCUT2D eigenvalue weighted by Gasteiger charge is -2.27. The first-order valence-corrected chi connectivity index (χ1v) is 6.13. The lowest BCUT2D eigenvalue weighted by molar-refractivity contribution is 0.246. The minimum absolute atomic E-state index is 0.236. The lowest BCUT2D eigenvalue weighted by atomic mass is 10.1. The van der Waals surface area contributed by atoms with Crippen LogP contribution in [0.15, 0.2) is 18.3 Å². The molecule has 17 heavy (non-hydrogen) atoms. The monoisotopic (exact) mass is 237 g/mol. The van der Waals surface area contributed by atoms with Crippen LogP contribution in [-0.4, -0.2) is 37.1 Å². The van der Waals surface area contributed by atoms with Gasteiger partial charge < -0.3 is 10.5 Å². The highest BCUT2D eigenvalue weighted by Crippen LogP contribution is 2.19. The maximum atomic E-state index is 5.85. The van der Waals surface area contributed by atoms with E-state index in [9.17, 15) is 0 Å². The zero-order valence-corrected chi connectivity index (χ0v) is 11.0. The lowest BCUT2D eigenvalue weighted by Crippen LogP contribution is -2.31. The molecule has 0 radical (unpaired) electrons. The molecule has 1 aromatic heterocycles. The summed E-state index contributed by atoms with van der Waals surface area (Å²) in [5.74, 6) is 0.640. The Bertz CT molecular complexity index is 313. The molecule has 0 saturated heterocycles. The molecule has 1 rings (SSSR count). The van der Waals surface area contributed by atoms with Gasteiger partial charge >= 0.3 is 0 Å². The maximum absolute atomic E-state index is 5.85. The summed E-state index contributed by atoms with van der Waals surface area (Å²) >= 11 is 0. The average molecular weight is 237 g/mol. The number of rotatable bonds is 7. The van der Waals surface area contributed by atoms with Crippen LogP contribution in [0.25, 0.3) is 0 Å². The first-order chi connectivity index (χ1) is 8.22. The molecule has 0 spiro atoms. The van der Waals surface area contributed by atoms with Gasteiger partial charge in [-0.15, -0.1) is 0 Å². The van der Waals surface area contributed by atoms with Gasteiger partial charge in [0.2, 0.25) is 5.88 Å². The maximum Gasteiger partial charge on any atom is 0.212 e. The smallest absolute Gasteiger partial charge is 0.212 e. The minimum Gasteiger partial charge on any atom is -0.481 e. The van der Waals surface area contributed by atoms with Gasteiger partial charge in [0.15, 0.2) is 0 Å². The molecule has 1 unspecified atom stereocenters. The highest BCUT2D eigenvalue weighted by molar-refractivity contribution is 5.21. The van der Waals surface area contributed by atoms with Crippen LogP contribution in [0.5, 0.6) is 5.88 Å². The summed E-state index contributed by atoms with van der Waals surface area (Å²) in [7, 11) is 3.73. The van der Waals surface area contributed by atoms with Crippen molar-refractivity contribution in [2.45, 2.75) is 25.8 Å². The van der Waals surface area contributed by atoms with Gasteiger partial charge in [-0.2, -0.15) is 0 Å². The predicted octanol–water partition coefficient (Wildman–Crippen LogP) is 1.82. The van der Waals surface area contributed by atoms with Gasteiger partial charge in [-0.1, -0.05) is 19.4 Å². The second-order valence-electron chi connectivity index (χ2n) is 4.22. The van der Waals surface area contributed by atoms with Crippen molar-refractivity contribution in [2.75, 3.05) is 27.2 Å². The third kappa shape index (κ3) is 3.98. The van der Waals surface area contributed by atoms with Gasteiger partial charge in [0.1, 0.15) is 0 Å². The summed E-state index contributed by atoms with van der Waals surface area (Å²) in [5.41, 5.74) is 6.99. The molecule has 0 saturated carbocycles. The van der Waals surface area contributed by atoms with Crippen LogP contribution in [0.3, 0.4) is 0 Å². The Morgan fingerprint density at radius 2 is 2.24 bits per heavy atom. The molecule has 0 aliphatic heterocycles. The van der Waals surface area contributed by atoms with Crippen molar-refractivity contribution in [2.24, 2.45) is 5.73 Å². The second kappa shape index (κ2) is 7.25. The number of hydrogen-bond acceptors (Lipinski definition) is 4. The molecule has 4 heteroatoms. The molecule has 0 aromatic carbocycles. The average Bonchev–Trinajstić information content (AvgIpc) is 2.38. The summed E-state index contributed by atoms with van der Waals surface area (Å²) < 4.78 is 5.05. The number of nitrogens with zero attached hydrogens (tertiary/aromatic N) is 2. The van der Waals surface area contributed by atoms with Gasteiger partial charge in [0.25, 0.3) is 0 Å². The van der Waals surface area contributed by atoms with Crippen LogP contribution >= 0.6 is 0 Å². The number of hydrogen-bond donors (Lipinski definition) is 1. The van der Waals surface area contributed by atoms with Crippen molar-refractivity contribution in [1.82, 2.24) is 9.88 Å². The Kier molecular flexibility index (Phi) is 5.94. The molecule has 0 aliphatic rings. The third-order valence-corrected chi connectivity index (χ3v) is 2.97. The molecule has 1 heterocycles. The Morgan fingerprint density at radius 3 is 2.71 bits per heavy atom. The van der Waals surface area contributed by atoms with E-state index in [1.807, 2.05) is 18.3 Å². The fourth-order valence-electron chi connectivity index (χ4n) is 1.84. The molecule has 0 aliphatic carbocycles. The first-order valence-electron chi connectivity index (χ1n) is 6.13. The van der Waals surface area contributed by atoms with Crippen LogP contribution in [-0.2, 0) is 0 Å². The Labute approximate surface area is 104 Å². The van der Waals surface area contributed by atoms with E-state index in [0.717, 1.165) is 12.1 Å². The van der Waals surface area contributed by atoms with Crippen molar-refractivity contribution in [1.29, 1.82) is 0 Å². The minimum atomic E-state index is 0.236. The van der Waals surface area contributed by atoms with E-state index < -0.39 is 0 Å². The molecule has 1 atom stereocenters. The SMILES string of the molecule is CCCCN(C)C(CN)c1ccc(OC)nc1. The van der Waals surface area contributed by atoms with Gasteiger partial charge in [0, 0.05) is 24.8 Å². The van der Waals surface area contributed by atoms with E-state index in [0.29, 0.717) is 12.4 Å². The summed E-state index contributed by atoms with van der Waals surface area (Å²) in [6.45, 7) is 3.86. The normalized spacial score (nSPS) is 12.8. The summed E-state index contributed by atoms with van der Waals surface area (Å²) in [6, 6.07) is 4.15. The van der Waals surface area contributed by atoms with Gasteiger partial charge in [0.05, 0.1) is 7.11 Å². The van der Waals surface area contributed by atoms with E-state index in [1.165, 1.54) is 12.8 Å². The molecular formula is C13H23N3O. The molecule has 1 aromatic rings. The Morgan fingerprint density at radius 1 is 1.47 bits per heavy atom. The van der Waals surface area contributed by atoms with E-state index in [1.54, 1.807) is 7.11 Å². The third-order valence-electron chi connectivity index (χ3n) is 2.97.